The maximum Gasteiger partial charge on any atom is 0.166 e. The van der Waals surface area contributed by atoms with Crippen LogP contribution < -0.4 is 0 Å². The molecule has 0 radical (unpaired) electrons. The molecule has 66 valence electrons. The van der Waals surface area contributed by atoms with E-state index in [1.165, 1.54) is 29.7 Å². The Labute approximate surface area is 78.3 Å². The molecule has 0 aliphatic rings. The van der Waals surface area contributed by atoms with Gasteiger partial charge in [-0.1, -0.05) is 11.3 Å². The van der Waals surface area contributed by atoms with E-state index in [2.05, 4.69) is 15.2 Å². The molecule has 2 aromatic rings. The summed E-state index contributed by atoms with van der Waals surface area (Å²) in [5.41, 5.74) is 0.533. The highest BCUT2D eigenvalue weighted by atomic mass is 32.1. The first-order chi connectivity index (χ1) is 6.25. The minimum absolute atomic E-state index is 0.308. The largest absolute Gasteiger partial charge is 0.253 e. The Hall–Kier alpha value is -1.36. The minimum Gasteiger partial charge on any atom is -0.253 e. The predicted molar refractivity (Wildman–Crippen MR) is 47.8 cm³/mol. The van der Waals surface area contributed by atoms with E-state index in [1.807, 2.05) is 6.92 Å². The molecule has 5 heteroatoms. The van der Waals surface area contributed by atoms with Crippen molar-refractivity contribution >= 4 is 11.3 Å². The number of hydrogen-bond donors (Lipinski definition) is 0. The second kappa shape index (κ2) is 3.18. The average molecular weight is 195 g/mol. The maximum atomic E-state index is 12.8. The molecule has 2 rings (SSSR count). The number of pyridine rings is 1. The second-order valence-corrected chi connectivity index (χ2v) is 3.67. The number of nitrogens with zero attached hydrogens (tertiary/aromatic N) is 3. The van der Waals surface area contributed by atoms with Crippen LogP contribution in [-0.2, 0) is 0 Å². The summed E-state index contributed by atoms with van der Waals surface area (Å²) in [5, 5.41) is 9.19. The normalized spacial score (nSPS) is 10.3. The number of aromatic nitrogens is 3. The van der Waals surface area contributed by atoms with Crippen LogP contribution in [0.15, 0.2) is 18.3 Å². The van der Waals surface area contributed by atoms with Gasteiger partial charge in [0.15, 0.2) is 5.01 Å². The monoisotopic (exact) mass is 195 g/mol. The first kappa shape index (κ1) is 8.25. The van der Waals surface area contributed by atoms with Crippen LogP contribution in [0.5, 0.6) is 0 Å². The molecule has 0 N–H and O–H groups in total. The van der Waals surface area contributed by atoms with Crippen LogP contribution in [0.3, 0.4) is 0 Å². The third-order valence-electron chi connectivity index (χ3n) is 1.47. The molecule has 0 aromatic carbocycles. The van der Waals surface area contributed by atoms with Gasteiger partial charge in [-0.05, 0) is 13.0 Å². The summed E-state index contributed by atoms with van der Waals surface area (Å²) in [7, 11) is 0. The highest BCUT2D eigenvalue weighted by Crippen LogP contribution is 2.20. The number of aryl methyl sites for hydroxylation is 1. The summed E-state index contributed by atoms with van der Waals surface area (Å²) in [6.07, 6.45) is 1.42. The zero-order chi connectivity index (χ0) is 9.26. The van der Waals surface area contributed by atoms with Crippen molar-refractivity contribution in [2.75, 3.05) is 0 Å². The highest BCUT2D eigenvalue weighted by molar-refractivity contribution is 7.14. The van der Waals surface area contributed by atoms with Crippen molar-refractivity contribution in [2.45, 2.75) is 6.92 Å². The molecule has 0 aliphatic heterocycles. The fraction of sp³-hybridized carbons (Fsp3) is 0.125. The third kappa shape index (κ3) is 1.70. The van der Waals surface area contributed by atoms with Crippen LogP contribution in [0.4, 0.5) is 4.39 Å². The van der Waals surface area contributed by atoms with E-state index in [0.717, 1.165) is 5.01 Å². The Balaban J connectivity index is 2.46. The molecule has 0 spiro atoms. The SMILES string of the molecule is Cc1nnc(-c2cc(F)ccn2)s1. The molecule has 0 saturated carbocycles. The molecule has 3 nitrogen and oxygen atoms in total. The van der Waals surface area contributed by atoms with Gasteiger partial charge in [0.05, 0.1) is 0 Å². The van der Waals surface area contributed by atoms with Crippen LogP contribution in [0.2, 0.25) is 0 Å². The van der Waals surface area contributed by atoms with Gasteiger partial charge in [0.25, 0.3) is 0 Å². The molecular formula is C8H6FN3S. The highest BCUT2D eigenvalue weighted by Gasteiger charge is 2.05. The predicted octanol–water partition coefficient (Wildman–Crippen LogP) is 2.05. The lowest BCUT2D eigenvalue weighted by Gasteiger charge is -1.92. The van der Waals surface area contributed by atoms with Crippen molar-refractivity contribution in [1.82, 2.24) is 15.2 Å². The summed E-state index contributed by atoms with van der Waals surface area (Å²) in [5.74, 6) is -0.308. The van der Waals surface area contributed by atoms with E-state index in [4.69, 9.17) is 0 Å². The van der Waals surface area contributed by atoms with Crippen molar-refractivity contribution in [3.63, 3.8) is 0 Å². The third-order valence-corrected chi connectivity index (χ3v) is 2.33. The van der Waals surface area contributed by atoms with Crippen LogP contribution >= 0.6 is 11.3 Å². The molecule has 0 amide bonds. The van der Waals surface area contributed by atoms with Crippen molar-refractivity contribution in [1.29, 1.82) is 0 Å². The number of hydrogen-bond acceptors (Lipinski definition) is 4. The van der Waals surface area contributed by atoms with Gasteiger partial charge in [-0.2, -0.15) is 0 Å². The number of rotatable bonds is 1. The van der Waals surface area contributed by atoms with Crippen LogP contribution in [0.25, 0.3) is 10.7 Å². The lowest BCUT2D eigenvalue weighted by molar-refractivity contribution is 0.626. The van der Waals surface area contributed by atoms with Crippen molar-refractivity contribution in [2.24, 2.45) is 0 Å². The molecular weight excluding hydrogens is 189 g/mol. The Morgan fingerprint density at radius 1 is 1.38 bits per heavy atom. The fourth-order valence-corrected chi connectivity index (χ4v) is 1.58. The molecule has 13 heavy (non-hydrogen) atoms. The van der Waals surface area contributed by atoms with Gasteiger partial charge in [0.2, 0.25) is 0 Å². The number of halogens is 1. The molecule has 2 heterocycles. The van der Waals surface area contributed by atoms with Gasteiger partial charge in [-0.25, -0.2) is 4.39 Å². The van der Waals surface area contributed by atoms with Gasteiger partial charge in [-0.15, -0.1) is 10.2 Å². The Bertz CT molecular complexity index is 427. The summed E-state index contributed by atoms with van der Waals surface area (Å²) in [6.45, 7) is 1.85. The Kier molecular flexibility index (Phi) is 2.02. The van der Waals surface area contributed by atoms with E-state index in [0.29, 0.717) is 10.7 Å². The van der Waals surface area contributed by atoms with Crippen molar-refractivity contribution in [3.05, 3.63) is 29.2 Å². The van der Waals surface area contributed by atoms with E-state index in [-0.39, 0.29) is 5.82 Å². The van der Waals surface area contributed by atoms with E-state index < -0.39 is 0 Å². The van der Waals surface area contributed by atoms with Crippen molar-refractivity contribution in [3.8, 4) is 10.7 Å². The maximum absolute atomic E-state index is 12.8. The zero-order valence-corrected chi connectivity index (χ0v) is 7.68. The molecule has 0 atom stereocenters. The van der Waals surface area contributed by atoms with Gasteiger partial charge < -0.3 is 0 Å². The van der Waals surface area contributed by atoms with Crippen LogP contribution in [0.1, 0.15) is 5.01 Å². The zero-order valence-electron chi connectivity index (χ0n) is 6.86. The molecule has 0 unspecified atom stereocenters. The van der Waals surface area contributed by atoms with Crippen LogP contribution in [0, 0.1) is 12.7 Å². The van der Waals surface area contributed by atoms with E-state index in [1.54, 1.807) is 0 Å². The molecule has 0 fully saturated rings. The smallest absolute Gasteiger partial charge is 0.166 e. The van der Waals surface area contributed by atoms with Crippen LogP contribution in [-0.4, -0.2) is 15.2 Å². The molecule has 0 bridgehead atoms. The minimum atomic E-state index is -0.308. The lowest BCUT2D eigenvalue weighted by Crippen LogP contribution is -1.83. The summed E-state index contributed by atoms with van der Waals surface area (Å²) < 4.78 is 12.8. The van der Waals surface area contributed by atoms with E-state index in [9.17, 15) is 4.39 Å². The second-order valence-electron chi connectivity index (χ2n) is 2.49. The first-order valence-electron chi connectivity index (χ1n) is 3.68. The van der Waals surface area contributed by atoms with Gasteiger partial charge in [-0.3, -0.25) is 4.98 Å². The Morgan fingerprint density at radius 3 is 2.85 bits per heavy atom. The first-order valence-corrected chi connectivity index (χ1v) is 4.49. The topological polar surface area (TPSA) is 38.7 Å². The van der Waals surface area contributed by atoms with E-state index >= 15 is 0 Å². The lowest BCUT2D eigenvalue weighted by atomic mass is 10.3. The molecule has 2 aromatic heterocycles. The standard InChI is InChI=1S/C8H6FN3S/c1-5-11-12-8(13-5)7-4-6(9)2-3-10-7/h2-4H,1H3. The van der Waals surface area contributed by atoms with Gasteiger partial charge in [0.1, 0.15) is 16.5 Å². The quantitative estimate of drug-likeness (QED) is 0.699. The van der Waals surface area contributed by atoms with Crippen molar-refractivity contribution < 1.29 is 4.39 Å². The fourth-order valence-electron chi connectivity index (χ4n) is 0.922. The molecule has 0 saturated heterocycles. The average Bonchev–Trinajstić information content (AvgIpc) is 2.52. The van der Waals surface area contributed by atoms with Gasteiger partial charge >= 0.3 is 0 Å². The van der Waals surface area contributed by atoms with Gasteiger partial charge in [0, 0.05) is 12.3 Å². The Morgan fingerprint density at radius 2 is 2.23 bits per heavy atom. The summed E-state index contributed by atoms with van der Waals surface area (Å²) in [6, 6.07) is 2.65. The molecule has 0 aliphatic carbocycles. The summed E-state index contributed by atoms with van der Waals surface area (Å²) in [4.78, 5) is 3.99. The summed E-state index contributed by atoms with van der Waals surface area (Å²) >= 11 is 1.40.